The Bertz CT molecular complexity index is 1350. The summed E-state index contributed by atoms with van der Waals surface area (Å²) in [5, 5.41) is 3.31. The quantitative estimate of drug-likeness (QED) is 0.126. The number of benzene rings is 1. The van der Waals surface area contributed by atoms with Crippen LogP contribution in [-0.2, 0) is 22.3 Å². The molecule has 13 heteroatoms. The fourth-order valence-electron chi connectivity index (χ4n) is 4.16. The summed E-state index contributed by atoms with van der Waals surface area (Å²) in [7, 11) is -3.79. The van der Waals surface area contributed by atoms with Crippen LogP contribution in [0.1, 0.15) is 57.4 Å². The van der Waals surface area contributed by atoms with Gasteiger partial charge in [-0.25, -0.2) is 9.97 Å². The predicted molar refractivity (Wildman–Crippen MR) is 152 cm³/mol. The fourth-order valence-corrected chi connectivity index (χ4v) is 4.42. The van der Waals surface area contributed by atoms with E-state index in [-0.39, 0.29) is 18.0 Å². The van der Waals surface area contributed by atoms with Crippen molar-refractivity contribution in [1.29, 1.82) is 0 Å². The van der Waals surface area contributed by atoms with Gasteiger partial charge >= 0.3 is 13.4 Å². The Morgan fingerprint density at radius 2 is 1.70 bits per heavy atom. The number of nitrogens with zero attached hydrogens (tertiary/aromatic N) is 4. The fraction of sp³-hybridized carbons (Fsp3) is 0.519. The van der Waals surface area contributed by atoms with E-state index in [1.807, 2.05) is 64.2 Å². The molecule has 3 aromatic rings. The van der Waals surface area contributed by atoms with Gasteiger partial charge in [-0.15, -0.1) is 0 Å². The molecular weight excluding hydrogens is 541 g/mol. The van der Waals surface area contributed by atoms with Crippen molar-refractivity contribution in [1.82, 2.24) is 15.0 Å². The number of quaternary nitrogens is 1. The average molecular weight is 582 g/mol. The Morgan fingerprint density at radius 1 is 1.05 bits per heavy atom. The minimum Gasteiger partial charge on any atom is -0.368 e. The molecule has 0 fully saturated rings. The van der Waals surface area contributed by atoms with Gasteiger partial charge in [0.1, 0.15) is 25.2 Å². The number of nitrogens with two attached hydrogens (primary N) is 1. The third kappa shape index (κ3) is 7.92. The van der Waals surface area contributed by atoms with E-state index in [1.165, 1.54) is 0 Å². The number of nitrogen functional groups attached to an aromatic ring is 1. The minimum atomic E-state index is -5.70. The van der Waals surface area contributed by atoms with Gasteiger partial charge in [-0.1, -0.05) is 37.6 Å². The van der Waals surface area contributed by atoms with Crippen molar-refractivity contribution in [2.75, 3.05) is 37.8 Å². The van der Waals surface area contributed by atoms with Crippen LogP contribution in [0.25, 0.3) is 11.0 Å². The molecule has 0 aliphatic rings. The van der Waals surface area contributed by atoms with Crippen molar-refractivity contribution >= 4 is 30.4 Å². The van der Waals surface area contributed by atoms with Crippen LogP contribution in [0.4, 0.5) is 20.5 Å². The highest BCUT2D eigenvalue weighted by molar-refractivity contribution is 7.52. The molecule has 0 spiro atoms. The summed E-state index contributed by atoms with van der Waals surface area (Å²) < 4.78 is 42.9. The summed E-state index contributed by atoms with van der Waals surface area (Å²) in [6, 6.07) is 11.8. The smallest absolute Gasteiger partial charge is 0.368 e. The standard InChI is InChI=1S/C27H39F2N6O4P/c1-6-7-14-31-24-23-22(33-25(30)34-24)13-12-21(32-23)17-19-8-10-20(11-9-19)18-35(5,26(2,3)4)15-16-39-27(28,29)40(36,37)38/h8-13H,6-7,14-18H2,1-5H3,(H4-,30,31,33,34,36,37,38)/p+1. The molecule has 0 saturated heterocycles. The molecule has 40 heavy (non-hydrogen) atoms. The lowest BCUT2D eigenvalue weighted by atomic mass is 9.99. The molecule has 0 radical (unpaired) electrons. The predicted octanol–water partition coefficient (Wildman–Crippen LogP) is 4.90. The lowest BCUT2D eigenvalue weighted by molar-refractivity contribution is -0.966. The maximum absolute atomic E-state index is 13.6. The number of hydrogen-bond acceptors (Lipinski definition) is 7. The Labute approximate surface area is 233 Å². The zero-order valence-corrected chi connectivity index (χ0v) is 24.6. The van der Waals surface area contributed by atoms with Gasteiger partial charge in [-0.3, -0.25) is 4.57 Å². The number of rotatable bonds is 13. The van der Waals surface area contributed by atoms with Crippen LogP contribution >= 0.6 is 7.60 Å². The van der Waals surface area contributed by atoms with Crippen LogP contribution in [0.3, 0.4) is 0 Å². The number of pyridine rings is 1. The van der Waals surface area contributed by atoms with Crippen molar-refractivity contribution in [2.24, 2.45) is 0 Å². The number of halogens is 2. The van der Waals surface area contributed by atoms with Crippen LogP contribution in [0.2, 0.25) is 0 Å². The van der Waals surface area contributed by atoms with Gasteiger partial charge in [0.15, 0.2) is 5.82 Å². The number of nitrogens with one attached hydrogen (secondary N) is 1. The highest BCUT2D eigenvalue weighted by atomic mass is 31.2. The number of aromatic nitrogens is 3. The molecule has 0 saturated carbocycles. The van der Waals surface area contributed by atoms with Crippen molar-refractivity contribution < 1.29 is 32.4 Å². The molecule has 5 N–H and O–H groups in total. The maximum atomic E-state index is 13.6. The zero-order valence-electron chi connectivity index (χ0n) is 23.7. The van der Waals surface area contributed by atoms with E-state index < -0.39 is 20.1 Å². The molecule has 1 unspecified atom stereocenters. The number of anilines is 2. The van der Waals surface area contributed by atoms with Gasteiger partial charge < -0.3 is 30.1 Å². The maximum Gasteiger partial charge on any atom is 0.459 e. The molecule has 3 rings (SSSR count). The zero-order chi connectivity index (χ0) is 29.8. The molecule has 10 nitrogen and oxygen atoms in total. The monoisotopic (exact) mass is 581 g/mol. The molecule has 0 bridgehead atoms. The molecule has 0 aliphatic carbocycles. The Balaban J connectivity index is 1.73. The first-order chi connectivity index (χ1) is 18.5. The van der Waals surface area contributed by atoms with Gasteiger partial charge in [-0.2, -0.15) is 13.8 Å². The largest absolute Gasteiger partial charge is 0.459 e. The molecule has 220 valence electrons. The Kier molecular flexibility index (Phi) is 9.85. The number of unbranched alkanes of at least 4 members (excludes halogenated alkanes) is 1. The topological polar surface area (TPSA) is 143 Å². The lowest BCUT2D eigenvalue weighted by Gasteiger charge is -2.46. The van der Waals surface area contributed by atoms with Crippen LogP contribution in [-0.4, -0.2) is 67.4 Å². The number of ether oxygens (including phenoxy) is 1. The van der Waals surface area contributed by atoms with Gasteiger partial charge in [0.25, 0.3) is 0 Å². The summed E-state index contributed by atoms with van der Waals surface area (Å²) in [6.45, 7) is 8.95. The van der Waals surface area contributed by atoms with Crippen molar-refractivity contribution in [3.63, 3.8) is 0 Å². The number of alkyl halides is 2. The van der Waals surface area contributed by atoms with E-state index in [1.54, 1.807) is 0 Å². The Hall–Kier alpha value is -2.76. The molecular formula is C27H40F2N6O4P+. The molecule has 2 heterocycles. The third-order valence-corrected chi connectivity index (χ3v) is 8.01. The van der Waals surface area contributed by atoms with Crippen molar-refractivity contribution in [2.45, 2.75) is 64.9 Å². The third-order valence-electron chi connectivity index (χ3n) is 7.20. The van der Waals surface area contributed by atoms with E-state index in [0.29, 0.717) is 34.3 Å². The molecule has 0 amide bonds. The summed E-state index contributed by atoms with van der Waals surface area (Å²) in [5.74, 6) is -3.70. The van der Waals surface area contributed by atoms with Gasteiger partial charge in [0, 0.05) is 24.2 Å². The number of likely N-dealkylation sites (N-methyl/N-ethyl adjacent to an activating group) is 1. The van der Waals surface area contributed by atoms with E-state index in [9.17, 15) is 13.3 Å². The van der Waals surface area contributed by atoms with Crippen LogP contribution in [0.15, 0.2) is 36.4 Å². The highest BCUT2D eigenvalue weighted by Gasteiger charge is 2.51. The molecule has 1 atom stereocenters. The molecule has 0 aliphatic heterocycles. The summed E-state index contributed by atoms with van der Waals surface area (Å²) in [6.07, 6.45) is 2.64. The van der Waals surface area contributed by atoms with Crippen LogP contribution in [0, 0.1) is 0 Å². The minimum absolute atomic E-state index is 0.128. The first kappa shape index (κ1) is 31.8. The SMILES string of the molecule is CCCCNc1nc(N)nc2ccc(Cc3ccc(C[N+](C)(CCOC(F)(F)P(=O)(O)O)C(C)(C)C)cc3)nc12. The van der Waals surface area contributed by atoms with Crippen LogP contribution in [0.5, 0.6) is 0 Å². The average Bonchev–Trinajstić information content (AvgIpc) is 2.84. The Morgan fingerprint density at radius 3 is 2.30 bits per heavy atom. The van der Waals surface area contributed by atoms with Crippen LogP contribution < -0.4 is 11.1 Å². The lowest BCUT2D eigenvalue weighted by Crippen LogP contribution is -2.58. The second-order valence-electron chi connectivity index (χ2n) is 11.2. The number of hydrogen-bond donors (Lipinski definition) is 4. The summed E-state index contributed by atoms with van der Waals surface area (Å²) >= 11 is 0. The highest BCUT2D eigenvalue weighted by Crippen LogP contribution is 2.53. The van der Waals surface area contributed by atoms with E-state index in [4.69, 9.17) is 20.5 Å². The van der Waals surface area contributed by atoms with Crippen molar-refractivity contribution in [3.05, 3.63) is 53.2 Å². The summed E-state index contributed by atoms with van der Waals surface area (Å²) in [5.41, 5.74) is 9.74. The van der Waals surface area contributed by atoms with Gasteiger partial charge in [-0.05, 0) is 44.9 Å². The van der Waals surface area contributed by atoms with E-state index in [0.717, 1.165) is 36.2 Å². The van der Waals surface area contributed by atoms with Gasteiger partial charge in [0.05, 0.1) is 18.1 Å². The second kappa shape index (κ2) is 12.4. The second-order valence-corrected chi connectivity index (χ2v) is 12.8. The normalized spacial score (nSPS) is 14.3. The summed E-state index contributed by atoms with van der Waals surface area (Å²) in [4.78, 5) is 31.1. The molecule has 1 aromatic carbocycles. The van der Waals surface area contributed by atoms with Crippen molar-refractivity contribution in [3.8, 4) is 0 Å². The van der Waals surface area contributed by atoms with E-state index in [2.05, 4.69) is 26.9 Å². The first-order valence-electron chi connectivity index (χ1n) is 13.2. The van der Waals surface area contributed by atoms with Gasteiger partial charge in [0.2, 0.25) is 5.95 Å². The molecule has 2 aromatic heterocycles. The number of fused-ring (bicyclic) bond motifs is 1. The first-order valence-corrected chi connectivity index (χ1v) is 14.8. The van der Waals surface area contributed by atoms with E-state index >= 15 is 0 Å².